The number of halogens is 1. The highest BCUT2D eigenvalue weighted by Gasteiger charge is 2.27. The monoisotopic (exact) mass is 424 g/mol. The van der Waals surface area contributed by atoms with E-state index in [1.807, 2.05) is 56.3 Å². The average molecular weight is 425 g/mol. The average Bonchev–Trinajstić information content (AvgIpc) is 3.20. The van der Waals surface area contributed by atoms with Crippen molar-refractivity contribution in [2.24, 2.45) is 5.92 Å². The summed E-state index contributed by atoms with van der Waals surface area (Å²) in [5, 5.41) is 7.81. The summed E-state index contributed by atoms with van der Waals surface area (Å²) in [7, 11) is 0. The molecule has 1 aliphatic heterocycles. The zero-order valence-corrected chi connectivity index (χ0v) is 17.9. The molecule has 1 N–H and O–H groups in total. The normalized spacial score (nSPS) is 17.1. The van der Waals surface area contributed by atoms with E-state index < -0.39 is 0 Å². The van der Waals surface area contributed by atoms with E-state index in [1.165, 1.54) is 5.56 Å². The number of rotatable bonds is 5. The van der Waals surface area contributed by atoms with E-state index in [2.05, 4.69) is 20.4 Å². The molecule has 2 aromatic carbocycles. The number of aromatic nitrogens is 2. The first kappa shape index (κ1) is 20.6. The predicted octanol–water partition coefficient (Wildman–Crippen LogP) is 4.86. The summed E-state index contributed by atoms with van der Waals surface area (Å²) >= 11 is 6.17. The van der Waals surface area contributed by atoms with E-state index in [0.29, 0.717) is 29.8 Å². The first-order valence-corrected chi connectivity index (χ1v) is 10.6. The number of benzene rings is 2. The summed E-state index contributed by atoms with van der Waals surface area (Å²) in [6, 6.07) is 13.6. The Morgan fingerprint density at radius 1 is 1.23 bits per heavy atom. The van der Waals surface area contributed by atoms with Crippen molar-refractivity contribution in [2.45, 2.75) is 33.2 Å². The van der Waals surface area contributed by atoms with Crippen LogP contribution in [0, 0.1) is 19.8 Å². The summed E-state index contributed by atoms with van der Waals surface area (Å²) in [6.07, 6.45) is 1.82. The van der Waals surface area contributed by atoms with Gasteiger partial charge in [-0.25, -0.2) is 0 Å². The van der Waals surface area contributed by atoms with Crippen molar-refractivity contribution in [2.75, 3.05) is 18.4 Å². The minimum atomic E-state index is -0.0828. The third-order valence-corrected chi connectivity index (χ3v) is 5.94. The second kappa shape index (κ2) is 8.98. The van der Waals surface area contributed by atoms with Gasteiger partial charge in [0.25, 0.3) is 5.89 Å². The Morgan fingerprint density at radius 3 is 2.83 bits per heavy atom. The van der Waals surface area contributed by atoms with Gasteiger partial charge in [-0.1, -0.05) is 40.5 Å². The first-order chi connectivity index (χ1) is 14.5. The Labute approximate surface area is 181 Å². The van der Waals surface area contributed by atoms with Crippen LogP contribution in [0.2, 0.25) is 5.02 Å². The zero-order valence-electron chi connectivity index (χ0n) is 17.2. The van der Waals surface area contributed by atoms with Crippen LogP contribution in [0.25, 0.3) is 11.5 Å². The number of hydrogen-bond donors (Lipinski definition) is 1. The number of aryl methyl sites for hydroxylation is 1. The zero-order chi connectivity index (χ0) is 21.1. The van der Waals surface area contributed by atoms with Gasteiger partial charge in [-0.05, 0) is 63.1 Å². The summed E-state index contributed by atoms with van der Waals surface area (Å²) in [5.74, 6) is 1.10. The lowest BCUT2D eigenvalue weighted by Gasteiger charge is -2.31. The Hall–Kier alpha value is -2.70. The topological polar surface area (TPSA) is 71.3 Å². The third kappa shape index (κ3) is 4.71. The Balaban J connectivity index is 1.38. The molecule has 1 atom stereocenters. The van der Waals surface area contributed by atoms with Gasteiger partial charge in [0.15, 0.2) is 5.82 Å². The lowest BCUT2D eigenvalue weighted by Crippen LogP contribution is -2.40. The fourth-order valence-electron chi connectivity index (χ4n) is 3.72. The predicted molar refractivity (Wildman–Crippen MR) is 117 cm³/mol. The molecular formula is C23H25ClN4O2. The van der Waals surface area contributed by atoms with Crippen LogP contribution in [-0.4, -0.2) is 34.0 Å². The van der Waals surface area contributed by atoms with Crippen LogP contribution in [0.1, 0.15) is 29.8 Å². The molecule has 30 heavy (non-hydrogen) atoms. The lowest BCUT2D eigenvalue weighted by molar-refractivity contribution is -0.121. The molecule has 1 saturated heterocycles. The molecule has 7 heteroatoms. The molecule has 4 rings (SSSR count). The van der Waals surface area contributed by atoms with Gasteiger partial charge in [-0.15, -0.1) is 0 Å². The smallest absolute Gasteiger partial charge is 0.257 e. The Morgan fingerprint density at radius 2 is 2.03 bits per heavy atom. The number of amides is 1. The van der Waals surface area contributed by atoms with Crippen molar-refractivity contribution in [3.63, 3.8) is 0 Å². The molecule has 0 bridgehead atoms. The molecule has 156 valence electrons. The lowest BCUT2D eigenvalue weighted by atomic mass is 9.97. The van der Waals surface area contributed by atoms with Crippen LogP contribution >= 0.6 is 11.6 Å². The van der Waals surface area contributed by atoms with Crippen LogP contribution in [0.5, 0.6) is 0 Å². The van der Waals surface area contributed by atoms with Gasteiger partial charge in [0.05, 0.1) is 12.5 Å². The van der Waals surface area contributed by atoms with E-state index in [9.17, 15) is 4.79 Å². The van der Waals surface area contributed by atoms with Crippen molar-refractivity contribution in [1.82, 2.24) is 15.0 Å². The molecular weight excluding hydrogens is 400 g/mol. The number of nitrogens with one attached hydrogen (secondary N) is 1. The van der Waals surface area contributed by atoms with Gasteiger partial charge in [0.1, 0.15) is 0 Å². The van der Waals surface area contributed by atoms with Crippen LogP contribution in [-0.2, 0) is 11.3 Å². The van der Waals surface area contributed by atoms with Gasteiger partial charge in [-0.3, -0.25) is 9.69 Å². The molecule has 0 aliphatic carbocycles. The Kier molecular flexibility index (Phi) is 6.16. The largest absolute Gasteiger partial charge is 0.334 e. The van der Waals surface area contributed by atoms with Crippen LogP contribution in [0.15, 0.2) is 47.0 Å². The highest BCUT2D eigenvalue weighted by Crippen LogP contribution is 2.25. The summed E-state index contributed by atoms with van der Waals surface area (Å²) in [4.78, 5) is 19.6. The van der Waals surface area contributed by atoms with E-state index >= 15 is 0 Å². The van der Waals surface area contributed by atoms with E-state index in [-0.39, 0.29) is 11.8 Å². The SMILES string of the molecule is Cc1ccc(-c2nc(CN3CCC[C@@H](C(=O)Nc4cccc(Cl)c4C)C3)no2)cc1. The quantitative estimate of drug-likeness (QED) is 0.633. The highest BCUT2D eigenvalue weighted by atomic mass is 35.5. The van der Waals surface area contributed by atoms with Gasteiger partial charge >= 0.3 is 0 Å². The van der Waals surface area contributed by atoms with E-state index in [0.717, 1.165) is 36.2 Å². The number of carbonyl (C=O) groups is 1. The van der Waals surface area contributed by atoms with Crippen LogP contribution < -0.4 is 5.32 Å². The summed E-state index contributed by atoms with van der Waals surface area (Å²) in [6.45, 7) is 6.09. The number of likely N-dealkylation sites (tertiary alicyclic amines) is 1. The maximum atomic E-state index is 12.8. The molecule has 1 aromatic heterocycles. The molecule has 0 saturated carbocycles. The van der Waals surface area contributed by atoms with Gasteiger partial charge in [0.2, 0.25) is 5.91 Å². The van der Waals surface area contributed by atoms with Crippen LogP contribution in [0.3, 0.4) is 0 Å². The molecule has 1 fully saturated rings. The number of hydrogen-bond acceptors (Lipinski definition) is 5. The molecule has 3 aromatic rings. The molecule has 6 nitrogen and oxygen atoms in total. The van der Waals surface area contributed by atoms with E-state index in [4.69, 9.17) is 16.1 Å². The second-order valence-corrected chi connectivity index (χ2v) is 8.26. The van der Waals surface area contributed by atoms with Crippen molar-refractivity contribution in [3.05, 3.63) is 64.4 Å². The minimum absolute atomic E-state index is 0.0264. The van der Waals surface area contributed by atoms with Gasteiger partial charge in [0, 0.05) is 22.8 Å². The standard InChI is InChI=1S/C23H25ClN4O2/c1-15-8-10-17(11-9-15)23-26-21(27-30-23)14-28-12-4-5-18(13-28)22(29)25-20-7-3-6-19(24)16(20)2/h3,6-11,18H,4-5,12-14H2,1-2H3,(H,25,29)/t18-/m1/s1. The summed E-state index contributed by atoms with van der Waals surface area (Å²) < 4.78 is 5.43. The number of nitrogens with zero attached hydrogens (tertiary/aromatic N) is 3. The molecule has 0 radical (unpaired) electrons. The minimum Gasteiger partial charge on any atom is -0.334 e. The first-order valence-electron chi connectivity index (χ1n) is 10.2. The maximum absolute atomic E-state index is 12.8. The van der Waals surface area contributed by atoms with Crippen molar-refractivity contribution in [3.8, 4) is 11.5 Å². The molecule has 1 amide bonds. The van der Waals surface area contributed by atoms with Crippen LogP contribution in [0.4, 0.5) is 5.69 Å². The second-order valence-electron chi connectivity index (χ2n) is 7.86. The fourth-order valence-corrected chi connectivity index (χ4v) is 3.90. The van der Waals surface area contributed by atoms with Crippen molar-refractivity contribution in [1.29, 1.82) is 0 Å². The van der Waals surface area contributed by atoms with Gasteiger partial charge < -0.3 is 9.84 Å². The maximum Gasteiger partial charge on any atom is 0.257 e. The molecule has 0 spiro atoms. The number of piperidine rings is 1. The third-order valence-electron chi connectivity index (χ3n) is 5.53. The summed E-state index contributed by atoms with van der Waals surface area (Å²) in [5.41, 5.74) is 3.75. The molecule has 0 unspecified atom stereocenters. The van der Waals surface area contributed by atoms with E-state index in [1.54, 1.807) is 0 Å². The van der Waals surface area contributed by atoms with Gasteiger partial charge in [-0.2, -0.15) is 4.98 Å². The number of carbonyl (C=O) groups excluding carboxylic acids is 1. The van der Waals surface area contributed by atoms with Crippen molar-refractivity contribution >= 4 is 23.2 Å². The molecule has 2 heterocycles. The van der Waals surface area contributed by atoms with Crippen molar-refractivity contribution < 1.29 is 9.32 Å². The fraction of sp³-hybridized carbons (Fsp3) is 0.348. The Bertz CT molecular complexity index is 1030. The highest BCUT2D eigenvalue weighted by molar-refractivity contribution is 6.31. The molecule has 1 aliphatic rings. The number of anilines is 1.